The Labute approximate surface area is 102 Å². The topological polar surface area (TPSA) is 85.4 Å². The van der Waals surface area contributed by atoms with Gasteiger partial charge in [0.25, 0.3) is 6.43 Å². The molecule has 1 aromatic heterocycles. The van der Waals surface area contributed by atoms with E-state index in [0.29, 0.717) is 6.07 Å². The minimum Gasteiger partial charge on any atom is -0.478 e. The highest BCUT2D eigenvalue weighted by Gasteiger charge is 2.34. The number of carboxylic acids is 1. The Bertz CT molecular complexity index is 489. The Balaban J connectivity index is 3.39. The lowest BCUT2D eigenvalue weighted by Crippen LogP contribution is -2.21. The van der Waals surface area contributed by atoms with E-state index in [2.05, 4.69) is 9.72 Å². The Morgan fingerprint density at radius 2 is 2.05 bits per heavy atom. The number of ether oxygens (including phenoxy) is 1. The standard InChI is InChI=1S/C9H7F5N2O3/c10-6(11)5-4(8(17)18)1-3(2-15)7(16-5)19-9(12,13)14/h1,6H,2,15H2,(H,17,18). The van der Waals surface area contributed by atoms with Crippen molar-refractivity contribution in [2.75, 3.05) is 0 Å². The summed E-state index contributed by atoms with van der Waals surface area (Å²) >= 11 is 0. The molecular formula is C9H7F5N2O3. The summed E-state index contributed by atoms with van der Waals surface area (Å²) < 4.78 is 64.6. The van der Waals surface area contributed by atoms with Crippen LogP contribution in [0.3, 0.4) is 0 Å². The Morgan fingerprint density at radius 3 is 2.42 bits per heavy atom. The number of aromatic carboxylic acids is 1. The second-order valence-electron chi connectivity index (χ2n) is 3.24. The molecule has 0 bridgehead atoms. The van der Waals surface area contributed by atoms with Gasteiger partial charge in [-0.3, -0.25) is 0 Å². The van der Waals surface area contributed by atoms with Gasteiger partial charge in [-0.1, -0.05) is 0 Å². The van der Waals surface area contributed by atoms with Crippen molar-refractivity contribution < 1.29 is 36.6 Å². The molecule has 0 saturated carbocycles. The van der Waals surface area contributed by atoms with Crippen LogP contribution in [-0.2, 0) is 6.54 Å². The van der Waals surface area contributed by atoms with Gasteiger partial charge >= 0.3 is 12.3 Å². The third-order valence-corrected chi connectivity index (χ3v) is 1.96. The maximum Gasteiger partial charge on any atom is 0.574 e. The maximum atomic E-state index is 12.5. The molecule has 0 amide bonds. The van der Waals surface area contributed by atoms with E-state index in [4.69, 9.17) is 10.8 Å². The van der Waals surface area contributed by atoms with Crippen LogP contribution in [0.2, 0.25) is 0 Å². The molecule has 0 atom stereocenters. The second-order valence-corrected chi connectivity index (χ2v) is 3.24. The Kier molecular flexibility index (Phi) is 4.24. The first kappa shape index (κ1) is 15.1. The Hall–Kier alpha value is -1.97. The normalized spacial score (nSPS) is 11.7. The van der Waals surface area contributed by atoms with Crippen LogP contribution in [0.5, 0.6) is 5.88 Å². The minimum absolute atomic E-state index is 0.445. The van der Waals surface area contributed by atoms with E-state index < -0.39 is 48.0 Å². The molecule has 0 aliphatic carbocycles. The molecule has 0 fully saturated rings. The number of carbonyl (C=O) groups is 1. The zero-order chi connectivity index (χ0) is 14.8. The molecule has 0 aliphatic rings. The molecule has 1 heterocycles. The minimum atomic E-state index is -5.15. The molecule has 1 aromatic rings. The van der Waals surface area contributed by atoms with Crippen LogP contribution in [0.25, 0.3) is 0 Å². The Morgan fingerprint density at radius 1 is 1.47 bits per heavy atom. The predicted octanol–water partition coefficient (Wildman–Crippen LogP) is 2.07. The number of nitrogens with two attached hydrogens (primary N) is 1. The first-order chi connectivity index (χ1) is 8.65. The van der Waals surface area contributed by atoms with Crippen LogP contribution < -0.4 is 10.5 Å². The van der Waals surface area contributed by atoms with Crippen molar-refractivity contribution in [2.45, 2.75) is 19.3 Å². The smallest absolute Gasteiger partial charge is 0.478 e. The van der Waals surface area contributed by atoms with Crippen LogP contribution in [-0.4, -0.2) is 22.4 Å². The largest absolute Gasteiger partial charge is 0.574 e. The van der Waals surface area contributed by atoms with Gasteiger partial charge in [-0.05, 0) is 6.07 Å². The maximum absolute atomic E-state index is 12.5. The van der Waals surface area contributed by atoms with Crippen molar-refractivity contribution in [3.05, 3.63) is 22.9 Å². The predicted molar refractivity (Wildman–Crippen MR) is 50.7 cm³/mol. The SMILES string of the molecule is NCc1cc(C(=O)O)c(C(F)F)nc1OC(F)(F)F. The van der Waals surface area contributed by atoms with Crippen molar-refractivity contribution in [2.24, 2.45) is 5.73 Å². The highest BCUT2D eigenvalue weighted by molar-refractivity contribution is 5.89. The van der Waals surface area contributed by atoms with E-state index in [1.165, 1.54) is 0 Å². The zero-order valence-electron chi connectivity index (χ0n) is 9.04. The lowest BCUT2D eigenvalue weighted by molar-refractivity contribution is -0.276. The van der Waals surface area contributed by atoms with Gasteiger partial charge in [0.05, 0.1) is 5.56 Å². The second kappa shape index (κ2) is 5.34. The number of alkyl halides is 5. The van der Waals surface area contributed by atoms with E-state index in [1.54, 1.807) is 0 Å². The van der Waals surface area contributed by atoms with Crippen LogP contribution in [0.15, 0.2) is 6.07 Å². The summed E-state index contributed by atoms with van der Waals surface area (Å²) in [6, 6.07) is 0.581. The number of aromatic nitrogens is 1. The molecular weight excluding hydrogens is 279 g/mol. The fourth-order valence-electron chi connectivity index (χ4n) is 1.23. The van der Waals surface area contributed by atoms with Gasteiger partial charge in [-0.2, -0.15) is 0 Å². The number of nitrogens with zero attached hydrogens (tertiary/aromatic N) is 1. The summed E-state index contributed by atoms with van der Waals surface area (Å²) in [5, 5.41) is 8.68. The van der Waals surface area contributed by atoms with Gasteiger partial charge < -0.3 is 15.6 Å². The number of hydrogen-bond acceptors (Lipinski definition) is 4. The van der Waals surface area contributed by atoms with Crippen molar-refractivity contribution in [1.29, 1.82) is 0 Å². The third kappa shape index (κ3) is 3.74. The summed E-state index contributed by atoms with van der Waals surface area (Å²) in [5.74, 6) is -2.94. The van der Waals surface area contributed by atoms with Gasteiger partial charge in [0.1, 0.15) is 5.69 Å². The van der Waals surface area contributed by atoms with E-state index in [9.17, 15) is 26.7 Å². The first-order valence-electron chi connectivity index (χ1n) is 4.66. The van der Waals surface area contributed by atoms with E-state index in [-0.39, 0.29) is 0 Å². The molecule has 0 aromatic carbocycles. The summed E-state index contributed by atoms with van der Waals surface area (Å²) in [7, 11) is 0. The molecule has 5 nitrogen and oxygen atoms in total. The molecule has 3 N–H and O–H groups in total. The molecule has 0 spiro atoms. The highest BCUT2D eigenvalue weighted by atomic mass is 19.4. The summed E-state index contributed by atoms with van der Waals surface area (Å²) in [6.45, 7) is -0.553. The lowest BCUT2D eigenvalue weighted by Gasteiger charge is -2.14. The molecule has 1 rings (SSSR count). The quantitative estimate of drug-likeness (QED) is 0.828. The lowest BCUT2D eigenvalue weighted by atomic mass is 10.1. The molecule has 106 valence electrons. The number of carboxylic acid groups (broad SMARTS) is 1. The molecule has 19 heavy (non-hydrogen) atoms. The van der Waals surface area contributed by atoms with Crippen LogP contribution >= 0.6 is 0 Å². The fraction of sp³-hybridized carbons (Fsp3) is 0.333. The van der Waals surface area contributed by atoms with Crippen LogP contribution in [0.4, 0.5) is 22.0 Å². The number of halogens is 5. The molecule has 0 aliphatic heterocycles. The first-order valence-corrected chi connectivity index (χ1v) is 4.66. The van der Waals surface area contributed by atoms with E-state index >= 15 is 0 Å². The van der Waals surface area contributed by atoms with Crippen molar-refractivity contribution in [1.82, 2.24) is 4.98 Å². The van der Waals surface area contributed by atoms with Crippen LogP contribution in [0, 0.1) is 0 Å². The third-order valence-electron chi connectivity index (χ3n) is 1.96. The summed E-state index contributed by atoms with van der Waals surface area (Å²) in [5.41, 5.74) is 2.41. The van der Waals surface area contributed by atoms with Gasteiger partial charge in [0.2, 0.25) is 5.88 Å². The van der Waals surface area contributed by atoms with E-state index in [1.807, 2.05) is 0 Å². The molecule has 0 radical (unpaired) electrons. The number of hydrogen-bond donors (Lipinski definition) is 2. The summed E-state index contributed by atoms with van der Waals surface area (Å²) in [6.07, 6.45) is -8.52. The molecule has 10 heteroatoms. The van der Waals surface area contributed by atoms with Gasteiger partial charge in [-0.15, -0.1) is 13.2 Å². The van der Waals surface area contributed by atoms with Gasteiger partial charge in [-0.25, -0.2) is 18.6 Å². The molecule has 0 unspecified atom stereocenters. The fourth-order valence-corrected chi connectivity index (χ4v) is 1.23. The van der Waals surface area contributed by atoms with Crippen molar-refractivity contribution in [3.8, 4) is 5.88 Å². The van der Waals surface area contributed by atoms with Gasteiger partial charge in [0.15, 0.2) is 0 Å². The molecule has 0 saturated heterocycles. The average molecular weight is 286 g/mol. The van der Waals surface area contributed by atoms with Gasteiger partial charge in [0, 0.05) is 12.1 Å². The van der Waals surface area contributed by atoms with Crippen LogP contribution in [0.1, 0.15) is 28.0 Å². The monoisotopic (exact) mass is 286 g/mol. The highest BCUT2D eigenvalue weighted by Crippen LogP contribution is 2.30. The summed E-state index contributed by atoms with van der Waals surface area (Å²) in [4.78, 5) is 13.6. The van der Waals surface area contributed by atoms with E-state index in [0.717, 1.165) is 0 Å². The number of pyridine rings is 1. The van der Waals surface area contributed by atoms with Crippen molar-refractivity contribution in [3.63, 3.8) is 0 Å². The zero-order valence-corrected chi connectivity index (χ0v) is 9.04. The van der Waals surface area contributed by atoms with Crippen molar-refractivity contribution >= 4 is 5.97 Å². The average Bonchev–Trinajstić information content (AvgIpc) is 2.25. The number of rotatable bonds is 4.